The smallest absolute Gasteiger partial charge is 0.101 e. The molecule has 0 aliphatic rings. The van der Waals surface area contributed by atoms with E-state index in [0.717, 1.165) is 38.7 Å². The highest BCUT2D eigenvalue weighted by atomic mass is 32.1. The molecule has 0 spiro atoms. The Bertz CT molecular complexity index is 1120. The van der Waals surface area contributed by atoms with Gasteiger partial charge in [0.1, 0.15) is 10.0 Å². The quantitative estimate of drug-likeness (QED) is 0.469. The van der Waals surface area contributed by atoms with Crippen molar-refractivity contribution < 1.29 is 0 Å². The van der Waals surface area contributed by atoms with E-state index < -0.39 is 0 Å². The fourth-order valence-corrected chi connectivity index (χ4v) is 4.79. The first kappa shape index (κ1) is 13.9. The maximum Gasteiger partial charge on any atom is 0.101 e. The van der Waals surface area contributed by atoms with Crippen LogP contribution in [0, 0.1) is 0 Å². The Morgan fingerprint density at radius 1 is 0.917 bits per heavy atom. The molecular formula is C19H13N3S2. The molecule has 0 atom stereocenters. The highest BCUT2D eigenvalue weighted by molar-refractivity contribution is 7.18. The van der Waals surface area contributed by atoms with E-state index in [4.69, 9.17) is 9.97 Å². The number of hydrogen-bond acceptors (Lipinski definition) is 4. The molecule has 0 aliphatic heterocycles. The fourth-order valence-electron chi connectivity index (χ4n) is 2.92. The number of para-hydroxylation sites is 2. The molecule has 116 valence electrons. The van der Waals surface area contributed by atoms with Crippen LogP contribution in [0.15, 0.2) is 60.1 Å². The first-order valence-corrected chi connectivity index (χ1v) is 9.42. The molecule has 0 saturated carbocycles. The van der Waals surface area contributed by atoms with Crippen LogP contribution in [0.3, 0.4) is 0 Å². The van der Waals surface area contributed by atoms with E-state index in [1.54, 1.807) is 22.7 Å². The third kappa shape index (κ3) is 2.33. The molecule has 2 aromatic carbocycles. The summed E-state index contributed by atoms with van der Waals surface area (Å²) in [6, 6.07) is 16.6. The second-order valence-corrected chi connectivity index (χ2v) is 7.68. The van der Waals surface area contributed by atoms with Gasteiger partial charge in [-0.15, -0.1) is 22.7 Å². The topological polar surface area (TPSA) is 41.6 Å². The Hall–Kier alpha value is -2.50. The van der Waals surface area contributed by atoms with E-state index in [2.05, 4.69) is 46.8 Å². The van der Waals surface area contributed by atoms with Gasteiger partial charge in [0.05, 0.1) is 22.3 Å². The van der Waals surface area contributed by atoms with E-state index in [0.29, 0.717) is 0 Å². The number of nitrogens with zero attached hydrogens (tertiary/aromatic N) is 2. The zero-order valence-electron chi connectivity index (χ0n) is 12.7. The lowest BCUT2D eigenvalue weighted by Gasteiger charge is -1.94. The molecule has 0 saturated heterocycles. The van der Waals surface area contributed by atoms with E-state index in [9.17, 15) is 0 Å². The monoisotopic (exact) mass is 347 g/mol. The van der Waals surface area contributed by atoms with Crippen LogP contribution < -0.4 is 0 Å². The predicted octanol–water partition coefficient (Wildman–Crippen LogP) is 5.49. The number of thiazole rings is 2. The summed E-state index contributed by atoms with van der Waals surface area (Å²) >= 11 is 3.45. The summed E-state index contributed by atoms with van der Waals surface area (Å²) < 4.78 is 1.24. The van der Waals surface area contributed by atoms with Crippen LogP contribution in [-0.2, 0) is 6.42 Å². The minimum Gasteiger partial charge on any atom is -0.360 e. The molecule has 5 heteroatoms. The van der Waals surface area contributed by atoms with Crippen LogP contribution in [0.25, 0.3) is 32.4 Å². The van der Waals surface area contributed by atoms with Crippen molar-refractivity contribution in [3.63, 3.8) is 0 Å². The van der Waals surface area contributed by atoms with Crippen LogP contribution >= 0.6 is 22.7 Å². The first-order chi connectivity index (χ1) is 11.9. The van der Waals surface area contributed by atoms with Crippen molar-refractivity contribution in [2.75, 3.05) is 0 Å². The van der Waals surface area contributed by atoms with Gasteiger partial charge in [0.15, 0.2) is 0 Å². The summed E-state index contributed by atoms with van der Waals surface area (Å²) in [5.74, 6) is 0. The lowest BCUT2D eigenvalue weighted by atomic mass is 10.1. The average Bonchev–Trinajstić information content (AvgIpc) is 3.31. The average molecular weight is 347 g/mol. The number of aromatic nitrogens is 3. The fraction of sp³-hybridized carbons (Fsp3) is 0.0526. The number of nitrogens with one attached hydrogen (secondary N) is 1. The molecule has 24 heavy (non-hydrogen) atoms. The van der Waals surface area contributed by atoms with Crippen LogP contribution in [0.4, 0.5) is 0 Å². The van der Waals surface area contributed by atoms with Gasteiger partial charge in [0.25, 0.3) is 0 Å². The summed E-state index contributed by atoms with van der Waals surface area (Å²) in [4.78, 5) is 12.9. The summed E-state index contributed by atoms with van der Waals surface area (Å²) in [5.41, 5.74) is 4.42. The predicted molar refractivity (Wildman–Crippen MR) is 102 cm³/mol. The minimum absolute atomic E-state index is 0.798. The van der Waals surface area contributed by atoms with Gasteiger partial charge >= 0.3 is 0 Å². The van der Waals surface area contributed by atoms with Gasteiger partial charge in [-0.3, -0.25) is 0 Å². The van der Waals surface area contributed by atoms with Crippen molar-refractivity contribution in [3.8, 4) is 11.3 Å². The van der Waals surface area contributed by atoms with Gasteiger partial charge in [0.2, 0.25) is 0 Å². The molecule has 5 aromatic rings. The highest BCUT2D eigenvalue weighted by Crippen LogP contribution is 2.31. The molecule has 0 bridgehead atoms. The molecule has 0 aliphatic carbocycles. The van der Waals surface area contributed by atoms with E-state index in [1.807, 2.05) is 18.3 Å². The zero-order valence-corrected chi connectivity index (χ0v) is 14.3. The second-order valence-electron chi connectivity index (χ2n) is 5.63. The molecule has 3 nitrogen and oxygen atoms in total. The number of H-pyrrole nitrogens is 1. The van der Waals surface area contributed by atoms with Crippen molar-refractivity contribution in [1.29, 1.82) is 0 Å². The van der Waals surface area contributed by atoms with Crippen molar-refractivity contribution in [1.82, 2.24) is 15.0 Å². The Balaban J connectivity index is 1.48. The van der Waals surface area contributed by atoms with Gasteiger partial charge in [-0.2, -0.15) is 0 Å². The SMILES string of the molecule is c1ccc2sc(Cc3nc(-c4c[nH]c5ccccc45)cs3)nc2c1. The number of fused-ring (bicyclic) bond motifs is 2. The largest absolute Gasteiger partial charge is 0.360 e. The summed E-state index contributed by atoms with van der Waals surface area (Å²) in [6.07, 6.45) is 2.84. The lowest BCUT2D eigenvalue weighted by Crippen LogP contribution is -1.86. The number of hydrogen-bond donors (Lipinski definition) is 1. The van der Waals surface area contributed by atoms with Gasteiger partial charge in [-0.05, 0) is 18.2 Å². The van der Waals surface area contributed by atoms with Crippen molar-refractivity contribution in [3.05, 3.63) is 70.1 Å². The third-order valence-corrected chi connectivity index (χ3v) is 5.94. The highest BCUT2D eigenvalue weighted by Gasteiger charge is 2.11. The molecule has 0 radical (unpaired) electrons. The standard InChI is InChI=1S/C19H13N3S2/c1-2-6-14-12(5-1)13(10-20-14)16-11-23-18(22-16)9-19-21-15-7-3-4-8-17(15)24-19/h1-8,10-11,20H,9H2. The Morgan fingerprint density at radius 3 is 2.75 bits per heavy atom. The minimum atomic E-state index is 0.798. The molecule has 3 heterocycles. The van der Waals surface area contributed by atoms with Crippen LogP contribution in [0.2, 0.25) is 0 Å². The van der Waals surface area contributed by atoms with E-state index in [1.165, 1.54) is 10.1 Å². The Labute approximate surface area is 146 Å². The van der Waals surface area contributed by atoms with Gasteiger partial charge in [0, 0.05) is 28.0 Å². The summed E-state index contributed by atoms with van der Waals surface area (Å²) in [6.45, 7) is 0. The van der Waals surface area contributed by atoms with Crippen molar-refractivity contribution >= 4 is 43.8 Å². The summed E-state index contributed by atoms with van der Waals surface area (Å²) in [5, 5.41) is 5.58. The molecule has 1 N–H and O–H groups in total. The number of aromatic amines is 1. The number of benzene rings is 2. The van der Waals surface area contributed by atoms with Crippen molar-refractivity contribution in [2.24, 2.45) is 0 Å². The maximum absolute atomic E-state index is 4.83. The van der Waals surface area contributed by atoms with Crippen LogP contribution in [0.5, 0.6) is 0 Å². The number of rotatable bonds is 3. The molecule has 3 aromatic heterocycles. The van der Waals surface area contributed by atoms with Crippen molar-refractivity contribution in [2.45, 2.75) is 6.42 Å². The van der Waals surface area contributed by atoms with Gasteiger partial charge in [-0.25, -0.2) is 9.97 Å². The normalized spacial score (nSPS) is 11.5. The van der Waals surface area contributed by atoms with Gasteiger partial charge in [-0.1, -0.05) is 30.3 Å². The summed E-state index contributed by atoms with van der Waals surface area (Å²) in [7, 11) is 0. The van der Waals surface area contributed by atoms with Crippen LogP contribution in [-0.4, -0.2) is 15.0 Å². The van der Waals surface area contributed by atoms with Crippen LogP contribution in [0.1, 0.15) is 10.0 Å². The lowest BCUT2D eigenvalue weighted by molar-refractivity contribution is 1.12. The first-order valence-electron chi connectivity index (χ1n) is 7.72. The zero-order chi connectivity index (χ0) is 15.9. The Morgan fingerprint density at radius 2 is 1.79 bits per heavy atom. The molecule has 0 amide bonds. The molecule has 0 fully saturated rings. The third-order valence-electron chi connectivity index (χ3n) is 4.06. The Kier molecular flexibility index (Phi) is 3.21. The van der Waals surface area contributed by atoms with Gasteiger partial charge < -0.3 is 4.98 Å². The second kappa shape index (κ2) is 5.54. The molecule has 5 rings (SSSR count). The molecule has 0 unspecified atom stereocenters. The van der Waals surface area contributed by atoms with E-state index in [-0.39, 0.29) is 0 Å². The maximum atomic E-state index is 4.83. The molecular weight excluding hydrogens is 334 g/mol. The van der Waals surface area contributed by atoms with E-state index >= 15 is 0 Å².